The van der Waals surface area contributed by atoms with Crippen molar-refractivity contribution in [2.24, 2.45) is 5.92 Å². The van der Waals surface area contributed by atoms with Gasteiger partial charge in [-0.15, -0.1) is 0 Å². The summed E-state index contributed by atoms with van der Waals surface area (Å²) < 4.78 is 6.57. The second-order valence-electron chi connectivity index (χ2n) is 4.80. The maximum atomic E-state index is 11.7. The Morgan fingerprint density at radius 3 is 3.00 bits per heavy atom. The number of nitrogens with zero attached hydrogens (tertiary/aromatic N) is 2. The molecule has 1 atom stereocenters. The summed E-state index contributed by atoms with van der Waals surface area (Å²) in [5.41, 5.74) is 0.786. The van der Waals surface area contributed by atoms with Gasteiger partial charge in [-0.05, 0) is 12.0 Å². The minimum atomic E-state index is -0.826. The molecule has 0 fully saturated rings. The zero-order valence-electron chi connectivity index (χ0n) is 10.6. The lowest BCUT2D eigenvalue weighted by molar-refractivity contribution is 0.214. The van der Waals surface area contributed by atoms with Crippen molar-refractivity contribution < 1.29 is 9.68 Å². The van der Waals surface area contributed by atoms with E-state index >= 15 is 0 Å². The van der Waals surface area contributed by atoms with E-state index in [1.54, 1.807) is 18.1 Å². The monoisotopic (exact) mass is 248 g/mol. The first-order valence-corrected chi connectivity index (χ1v) is 6.12. The molecular formula is C12H17BN2O3. The summed E-state index contributed by atoms with van der Waals surface area (Å²) in [6, 6.07) is 3.31. The summed E-state index contributed by atoms with van der Waals surface area (Å²) >= 11 is 0. The first kappa shape index (κ1) is 13.0. The molecule has 1 N–H and O–H groups in total. The molecule has 5 nitrogen and oxygen atoms in total. The van der Waals surface area contributed by atoms with Gasteiger partial charge >= 0.3 is 7.12 Å². The molecule has 2 rings (SSSR count). The summed E-state index contributed by atoms with van der Waals surface area (Å²) in [7, 11) is -0.826. The van der Waals surface area contributed by atoms with Crippen LogP contribution in [0.4, 0.5) is 0 Å². The molecule has 0 aromatic carbocycles. The van der Waals surface area contributed by atoms with Gasteiger partial charge in [0.05, 0.1) is 12.2 Å². The van der Waals surface area contributed by atoms with Crippen LogP contribution in [0, 0.1) is 5.92 Å². The highest BCUT2D eigenvalue weighted by Gasteiger charge is 2.19. The fourth-order valence-corrected chi connectivity index (χ4v) is 1.82. The fourth-order valence-electron chi connectivity index (χ4n) is 1.82. The zero-order valence-corrected chi connectivity index (χ0v) is 10.6. The van der Waals surface area contributed by atoms with Gasteiger partial charge in [-0.1, -0.05) is 25.9 Å². The van der Waals surface area contributed by atoms with E-state index in [9.17, 15) is 9.82 Å². The predicted octanol–water partition coefficient (Wildman–Crippen LogP) is 0.589. The van der Waals surface area contributed by atoms with Crippen molar-refractivity contribution in [3.8, 4) is 0 Å². The number of aromatic nitrogens is 2. The minimum Gasteiger partial charge on any atom is -0.423 e. The average molecular weight is 248 g/mol. The van der Waals surface area contributed by atoms with Gasteiger partial charge in [0.2, 0.25) is 0 Å². The molecule has 1 unspecified atom stereocenters. The lowest BCUT2D eigenvalue weighted by atomic mass is 9.85. The van der Waals surface area contributed by atoms with Crippen LogP contribution < -0.4 is 5.56 Å². The van der Waals surface area contributed by atoms with Gasteiger partial charge in [0.1, 0.15) is 0 Å². The highest BCUT2D eigenvalue weighted by molar-refractivity contribution is 6.49. The van der Waals surface area contributed by atoms with Crippen LogP contribution >= 0.6 is 0 Å². The Hall–Kier alpha value is -1.40. The van der Waals surface area contributed by atoms with Crippen molar-refractivity contribution in [3.05, 3.63) is 40.2 Å². The van der Waals surface area contributed by atoms with Crippen molar-refractivity contribution in [1.82, 2.24) is 9.78 Å². The average Bonchev–Trinajstić information content (AvgIpc) is 2.34. The molecule has 0 radical (unpaired) electrons. The quantitative estimate of drug-likeness (QED) is 0.795. The molecule has 1 aromatic rings. The standard InChI is InChI=1S/C12H17BN2O3/c1-9(2)11-3-4-12(16)15(14-11)7-10-5-6-13(17)18-8-10/h3-6,9-10,17H,7-8H2,1-2H3. The summed E-state index contributed by atoms with van der Waals surface area (Å²) in [5.74, 6) is 1.95. The third-order valence-electron chi connectivity index (χ3n) is 2.92. The summed E-state index contributed by atoms with van der Waals surface area (Å²) in [6.45, 7) is 4.95. The van der Waals surface area contributed by atoms with Crippen molar-refractivity contribution in [2.45, 2.75) is 26.3 Å². The van der Waals surface area contributed by atoms with Crippen molar-refractivity contribution in [1.29, 1.82) is 0 Å². The molecule has 1 aromatic heterocycles. The maximum Gasteiger partial charge on any atom is 0.483 e. The van der Waals surface area contributed by atoms with E-state index in [4.69, 9.17) is 4.65 Å². The van der Waals surface area contributed by atoms with Crippen LogP contribution in [0.2, 0.25) is 0 Å². The van der Waals surface area contributed by atoms with Gasteiger partial charge in [0.15, 0.2) is 0 Å². The van der Waals surface area contributed by atoms with E-state index in [1.807, 2.05) is 19.9 Å². The van der Waals surface area contributed by atoms with E-state index in [2.05, 4.69) is 5.10 Å². The molecule has 0 spiro atoms. The molecule has 6 heteroatoms. The van der Waals surface area contributed by atoms with Gasteiger partial charge < -0.3 is 9.68 Å². The largest absolute Gasteiger partial charge is 0.483 e. The van der Waals surface area contributed by atoms with Crippen molar-refractivity contribution in [2.75, 3.05) is 6.61 Å². The third kappa shape index (κ3) is 3.08. The maximum absolute atomic E-state index is 11.7. The van der Waals surface area contributed by atoms with Gasteiger partial charge in [0.25, 0.3) is 5.56 Å². The number of rotatable bonds is 3. The molecule has 0 saturated carbocycles. The van der Waals surface area contributed by atoms with Crippen molar-refractivity contribution in [3.63, 3.8) is 0 Å². The normalized spacial score (nSPS) is 19.6. The lowest BCUT2D eigenvalue weighted by Crippen LogP contribution is -2.32. The van der Waals surface area contributed by atoms with Gasteiger partial charge in [-0.2, -0.15) is 5.10 Å². The summed E-state index contributed by atoms with van der Waals surface area (Å²) in [6.07, 6.45) is 1.87. The number of hydrogen-bond acceptors (Lipinski definition) is 4. The smallest absolute Gasteiger partial charge is 0.423 e. The van der Waals surface area contributed by atoms with Gasteiger partial charge in [0, 0.05) is 18.6 Å². The molecule has 0 aliphatic carbocycles. The minimum absolute atomic E-state index is 0.0704. The number of hydrogen-bond donors (Lipinski definition) is 1. The van der Waals surface area contributed by atoms with Crippen LogP contribution in [0.25, 0.3) is 0 Å². The Kier molecular flexibility index (Phi) is 3.99. The predicted molar refractivity (Wildman–Crippen MR) is 69.1 cm³/mol. The highest BCUT2D eigenvalue weighted by Crippen LogP contribution is 2.11. The molecule has 96 valence electrons. The molecule has 0 bridgehead atoms. The SMILES string of the molecule is CC(C)c1ccc(=O)n(CC2C=CB(O)OC2)n1. The van der Waals surface area contributed by atoms with E-state index in [-0.39, 0.29) is 17.4 Å². The van der Waals surface area contributed by atoms with Crippen LogP contribution in [0.15, 0.2) is 29.0 Å². The first-order valence-electron chi connectivity index (χ1n) is 6.12. The lowest BCUT2D eigenvalue weighted by Gasteiger charge is -2.19. The van der Waals surface area contributed by atoms with E-state index < -0.39 is 7.12 Å². The Morgan fingerprint density at radius 1 is 1.61 bits per heavy atom. The van der Waals surface area contributed by atoms with Crippen LogP contribution in [0.5, 0.6) is 0 Å². The summed E-state index contributed by atoms with van der Waals surface area (Å²) in [5, 5.41) is 13.5. The fraction of sp³-hybridized carbons (Fsp3) is 0.500. The topological polar surface area (TPSA) is 64.4 Å². The Labute approximate surface area is 106 Å². The molecule has 0 amide bonds. The molecule has 18 heavy (non-hydrogen) atoms. The molecule has 1 aliphatic rings. The molecular weight excluding hydrogens is 231 g/mol. The van der Waals surface area contributed by atoms with Crippen LogP contribution in [-0.2, 0) is 11.2 Å². The highest BCUT2D eigenvalue weighted by atomic mass is 16.5. The molecule has 1 aliphatic heterocycles. The van der Waals surface area contributed by atoms with Gasteiger partial charge in [-0.25, -0.2) is 4.68 Å². The second-order valence-corrected chi connectivity index (χ2v) is 4.80. The van der Waals surface area contributed by atoms with E-state index in [0.717, 1.165) is 5.69 Å². The van der Waals surface area contributed by atoms with E-state index in [1.165, 1.54) is 4.68 Å². The molecule has 0 saturated heterocycles. The van der Waals surface area contributed by atoms with E-state index in [0.29, 0.717) is 13.2 Å². The van der Waals surface area contributed by atoms with Crippen molar-refractivity contribution >= 4 is 7.12 Å². The third-order valence-corrected chi connectivity index (χ3v) is 2.92. The Balaban J connectivity index is 2.16. The van der Waals surface area contributed by atoms with Crippen LogP contribution in [0.3, 0.4) is 0 Å². The summed E-state index contributed by atoms with van der Waals surface area (Å²) in [4.78, 5) is 11.7. The van der Waals surface area contributed by atoms with Crippen LogP contribution in [-0.4, -0.2) is 28.5 Å². The Bertz CT molecular complexity index is 498. The Morgan fingerprint density at radius 2 is 2.39 bits per heavy atom. The van der Waals surface area contributed by atoms with Gasteiger partial charge in [-0.3, -0.25) is 4.79 Å². The molecule has 2 heterocycles. The van der Waals surface area contributed by atoms with Crippen LogP contribution in [0.1, 0.15) is 25.5 Å². The zero-order chi connectivity index (χ0) is 13.1. The second kappa shape index (κ2) is 5.50. The first-order chi connectivity index (χ1) is 8.56.